The third-order valence-electron chi connectivity index (χ3n) is 3.10. The van der Waals surface area contributed by atoms with Crippen molar-refractivity contribution >= 4 is 23.1 Å². The Morgan fingerprint density at radius 2 is 1.86 bits per heavy atom. The van der Waals surface area contributed by atoms with Crippen molar-refractivity contribution in [3.63, 3.8) is 0 Å². The summed E-state index contributed by atoms with van der Waals surface area (Å²) >= 11 is 0. The monoisotopic (exact) mass is 295 g/mol. The lowest BCUT2D eigenvalue weighted by atomic mass is 10.1. The summed E-state index contributed by atoms with van der Waals surface area (Å²) in [4.78, 5) is 24.3. The first-order valence-corrected chi connectivity index (χ1v) is 6.66. The van der Waals surface area contributed by atoms with Gasteiger partial charge in [-0.3, -0.25) is 0 Å². The summed E-state index contributed by atoms with van der Waals surface area (Å²) in [5, 5.41) is 10.7. The lowest BCUT2D eigenvalue weighted by Gasteiger charge is -2.02. The molecule has 3 rings (SSSR count). The van der Waals surface area contributed by atoms with E-state index in [1.54, 1.807) is 24.3 Å². The third kappa shape index (κ3) is 2.58. The van der Waals surface area contributed by atoms with E-state index in [0.717, 1.165) is 11.4 Å². The molecule has 2 aromatic heterocycles. The predicted molar refractivity (Wildman–Crippen MR) is 82.9 cm³/mol. The fourth-order valence-corrected chi connectivity index (χ4v) is 2.15. The molecule has 6 nitrogen and oxygen atoms in total. The van der Waals surface area contributed by atoms with Crippen LogP contribution in [0.1, 0.15) is 17.0 Å². The van der Waals surface area contributed by atoms with E-state index in [4.69, 9.17) is 4.42 Å². The average molecular weight is 295 g/mol. The highest BCUT2D eigenvalue weighted by Crippen LogP contribution is 2.25. The minimum Gasteiger partial charge on any atom is -0.506 e. The molecule has 1 aromatic carbocycles. The van der Waals surface area contributed by atoms with Gasteiger partial charge in [0.15, 0.2) is 0 Å². The summed E-state index contributed by atoms with van der Waals surface area (Å²) in [5.41, 5.74) is 1.18. The number of para-hydroxylation sites is 1. The zero-order chi connectivity index (χ0) is 15.7. The molecule has 1 N–H and O–H groups in total. The minimum absolute atomic E-state index is 0.0264. The van der Waals surface area contributed by atoms with Crippen molar-refractivity contribution in [1.82, 2.24) is 9.97 Å². The van der Waals surface area contributed by atoms with Gasteiger partial charge in [0, 0.05) is 17.6 Å². The predicted octanol–water partition coefficient (Wildman–Crippen LogP) is 2.66. The summed E-state index contributed by atoms with van der Waals surface area (Å²) in [6.45, 7) is 3.66. The zero-order valence-corrected chi connectivity index (χ0v) is 12.1. The number of aliphatic imine (C=N–C) groups is 1. The molecule has 22 heavy (non-hydrogen) atoms. The quantitative estimate of drug-likeness (QED) is 0.580. The summed E-state index contributed by atoms with van der Waals surface area (Å²) in [7, 11) is 0. The van der Waals surface area contributed by atoms with Gasteiger partial charge in [-0.25, -0.2) is 19.8 Å². The van der Waals surface area contributed by atoms with Crippen LogP contribution in [0.15, 0.2) is 44.5 Å². The molecule has 0 radical (unpaired) electrons. The SMILES string of the molecule is Cc1cc(C)nc(/N=C/c2c(O)c3ccccc3oc2=O)n1. The Bertz CT molecular complexity index is 925. The largest absolute Gasteiger partial charge is 0.506 e. The average Bonchev–Trinajstić information content (AvgIpc) is 2.46. The number of rotatable bonds is 2. The van der Waals surface area contributed by atoms with Crippen LogP contribution in [0.3, 0.4) is 0 Å². The summed E-state index contributed by atoms with van der Waals surface area (Å²) < 4.78 is 5.16. The van der Waals surface area contributed by atoms with Gasteiger partial charge in [0.2, 0.25) is 5.95 Å². The van der Waals surface area contributed by atoms with Crippen LogP contribution >= 0.6 is 0 Å². The lowest BCUT2D eigenvalue weighted by molar-refractivity contribution is 0.466. The van der Waals surface area contributed by atoms with Crippen molar-refractivity contribution in [3.8, 4) is 5.75 Å². The third-order valence-corrected chi connectivity index (χ3v) is 3.10. The maximum Gasteiger partial charge on any atom is 0.348 e. The van der Waals surface area contributed by atoms with Gasteiger partial charge in [0.05, 0.1) is 5.39 Å². The highest BCUT2D eigenvalue weighted by atomic mass is 16.4. The summed E-state index contributed by atoms with van der Waals surface area (Å²) in [6, 6.07) is 8.57. The molecular weight excluding hydrogens is 282 g/mol. The van der Waals surface area contributed by atoms with Crippen LogP contribution in [-0.4, -0.2) is 21.3 Å². The molecular formula is C16H13N3O3. The van der Waals surface area contributed by atoms with Crippen LogP contribution in [0.25, 0.3) is 11.0 Å². The first-order chi connectivity index (χ1) is 10.5. The molecule has 0 atom stereocenters. The molecule has 0 bridgehead atoms. The topological polar surface area (TPSA) is 88.6 Å². The number of aryl methyl sites for hydroxylation is 2. The number of hydrogen-bond acceptors (Lipinski definition) is 6. The van der Waals surface area contributed by atoms with Gasteiger partial charge in [-0.1, -0.05) is 12.1 Å². The molecule has 0 aliphatic heterocycles. The maximum absolute atomic E-state index is 12.0. The van der Waals surface area contributed by atoms with E-state index in [2.05, 4.69) is 15.0 Å². The molecule has 0 spiro atoms. The molecule has 0 fully saturated rings. The van der Waals surface area contributed by atoms with Crippen molar-refractivity contribution in [3.05, 3.63) is 57.7 Å². The number of benzene rings is 1. The second-order valence-corrected chi connectivity index (χ2v) is 4.86. The minimum atomic E-state index is -0.663. The van der Waals surface area contributed by atoms with Crippen molar-refractivity contribution in [1.29, 1.82) is 0 Å². The molecule has 0 saturated heterocycles. The molecule has 3 aromatic rings. The van der Waals surface area contributed by atoms with Gasteiger partial charge in [-0.2, -0.15) is 0 Å². The number of nitrogens with zero attached hydrogens (tertiary/aromatic N) is 3. The smallest absolute Gasteiger partial charge is 0.348 e. The van der Waals surface area contributed by atoms with Crippen LogP contribution in [0.5, 0.6) is 5.75 Å². The molecule has 2 heterocycles. The molecule has 6 heteroatoms. The Morgan fingerprint density at radius 3 is 2.59 bits per heavy atom. The van der Waals surface area contributed by atoms with Gasteiger partial charge in [-0.05, 0) is 32.0 Å². The van der Waals surface area contributed by atoms with Crippen molar-refractivity contribution in [2.45, 2.75) is 13.8 Å². The van der Waals surface area contributed by atoms with E-state index < -0.39 is 5.63 Å². The number of hydrogen-bond donors (Lipinski definition) is 1. The Kier molecular flexibility index (Phi) is 3.42. The Morgan fingerprint density at radius 1 is 1.18 bits per heavy atom. The van der Waals surface area contributed by atoms with E-state index >= 15 is 0 Å². The van der Waals surface area contributed by atoms with Gasteiger partial charge in [0.1, 0.15) is 16.9 Å². The van der Waals surface area contributed by atoms with E-state index in [1.807, 2.05) is 19.9 Å². The van der Waals surface area contributed by atoms with E-state index in [-0.39, 0.29) is 17.3 Å². The highest BCUT2D eigenvalue weighted by molar-refractivity contribution is 5.93. The standard InChI is InChI=1S/C16H13N3O3/c1-9-7-10(2)19-16(18-9)17-8-12-14(20)11-5-3-4-6-13(11)22-15(12)21/h3-8,20H,1-2H3/b17-8+. The molecule has 0 unspecified atom stereocenters. The fraction of sp³-hybridized carbons (Fsp3) is 0.125. The zero-order valence-electron chi connectivity index (χ0n) is 12.1. The fourth-order valence-electron chi connectivity index (χ4n) is 2.15. The highest BCUT2D eigenvalue weighted by Gasteiger charge is 2.11. The van der Waals surface area contributed by atoms with Crippen LogP contribution in [-0.2, 0) is 0 Å². The first kappa shape index (κ1) is 13.9. The first-order valence-electron chi connectivity index (χ1n) is 6.66. The number of aromatic hydroxyl groups is 1. The molecule has 110 valence electrons. The van der Waals surface area contributed by atoms with Crippen molar-refractivity contribution < 1.29 is 9.52 Å². The van der Waals surface area contributed by atoms with E-state index in [9.17, 15) is 9.90 Å². The molecule has 0 amide bonds. The Hall–Kier alpha value is -3.02. The van der Waals surface area contributed by atoms with Crippen LogP contribution in [0.4, 0.5) is 5.95 Å². The van der Waals surface area contributed by atoms with E-state index in [1.165, 1.54) is 6.21 Å². The van der Waals surface area contributed by atoms with Gasteiger partial charge in [-0.15, -0.1) is 0 Å². The van der Waals surface area contributed by atoms with Crippen molar-refractivity contribution in [2.24, 2.45) is 4.99 Å². The Balaban J connectivity index is 2.10. The van der Waals surface area contributed by atoms with Crippen LogP contribution in [0, 0.1) is 13.8 Å². The molecule has 0 aliphatic carbocycles. The normalized spacial score (nSPS) is 11.4. The Labute approximate surface area is 125 Å². The van der Waals surface area contributed by atoms with Crippen LogP contribution in [0.2, 0.25) is 0 Å². The number of fused-ring (bicyclic) bond motifs is 1. The summed E-state index contributed by atoms with van der Waals surface area (Å²) in [5.74, 6) is 0.0597. The summed E-state index contributed by atoms with van der Waals surface area (Å²) in [6.07, 6.45) is 1.22. The second kappa shape index (κ2) is 5.40. The molecule has 0 aliphatic rings. The lowest BCUT2D eigenvalue weighted by Crippen LogP contribution is -2.07. The van der Waals surface area contributed by atoms with Crippen LogP contribution < -0.4 is 5.63 Å². The van der Waals surface area contributed by atoms with Gasteiger partial charge in [0.25, 0.3) is 0 Å². The number of aromatic nitrogens is 2. The van der Waals surface area contributed by atoms with Gasteiger partial charge < -0.3 is 9.52 Å². The van der Waals surface area contributed by atoms with Crippen molar-refractivity contribution in [2.75, 3.05) is 0 Å². The maximum atomic E-state index is 12.0. The van der Waals surface area contributed by atoms with E-state index in [0.29, 0.717) is 11.0 Å². The second-order valence-electron chi connectivity index (χ2n) is 4.86. The van der Waals surface area contributed by atoms with Gasteiger partial charge >= 0.3 is 5.63 Å². The molecule has 0 saturated carbocycles.